The standard InChI is InChI=1S/C24H30BN3O2/c1-17-3-7-19(8-4-17)24(20-9-5-18(2)6-10-20)28-13-11-27(12-14-28)23(30)16-21(29)15-22(25)26/h3-10,21,24,26,29H,11-16H2,1-2H3. The van der Waals surface area contributed by atoms with Crippen molar-refractivity contribution in [3.8, 4) is 0 Å². The van der Waals surface area contributed by atoms with E-state index in [-0.39, 0.29) is 30.4 Å². The maximum absolute atomic E-state index is 12.5. The molecule has 2 aromatic rings. The number of nitrogens with zero attached hydrogens (tertiary/aromatic N) is 2. The minimum Gasteiger partial charge on any atom is -0.392 e. The quantitative estimate of drug-likeness (QED) is 0.552. The molecule has 2 aromatic carbocycles. The molecule has 1 amide bonds. The molecule has 1 saturated heterocycles. The molecule has 3 rings (SSSR count). The number of aliphatic hydroxyl groups excluding tert-OH is 1. The zero-order chi connectivity index (χ0) is 21.7. The summed E-state index contributed by atoms with van der Waals surface area (Å²) in [5, 5.41) is 17.2. The third-order valence-electron chi connectivity index (χ3n) is 5.68. The van der Waals surface area contributed by atoms with Gasteiger partial charge in [-0.25, -0.2) is 0 Å². The van der Waals surface area contributed by atoms with Crippen LogP contribution in [-0.4, -0.2) is 66.6 Å². The Morgan fingerprint density at radius 2 is 1.40 bits per heavy atom. The molecule has 0 bridgehead atoms. The number of carbonyl (C=O) groups is 1. The average molecular weight is 403 g/mol. The minimum atomic E-state index is -0.888. The van der Waals surface area contributed by atoms with Crippen molar-refractivity contribution in [3.05, 3.63) is 70.8 Å². The molecule has 30 heavy (non-hydrogen) atoms. The van der Waals surface area contributed by atoms with E-state index in [1.54, 1.807) is 4.90 Å². The molecule has 0 spiro atoms. The molecular weight excluding hydrogens is 373 g/mol. The highest BCUT2D eigenvalue weighted by Gasteiger charge is 2.28. The van der Waals surface area contributed by atoms with Crippen molar-refractivity contribution < 1.29 is 9.90 Å². The molecule has 1 heterocycles. The van der Waals surface area contributed by atoms with E-state index in [9.17, 15) is 9.90 Å². The average Bonchev–Trinajstić information content (AvgIpc) is 2.71. The van der Waals surface area contributed by atoms with Crippen molar-refractivity contribution in [2.45, 2.75) is 38.8 Å². The second-order valence-electron chi connectivity index (χ2n) is 8.23. The third kappa shape index (κ3) is 5.80. The van der Waals surface area contributed by atoms with Gasteiger partial charge in [0.15, 0.2) is 0 Å². The summed E-state index contributed by atoms with van der Waals surface area (Å²) in [4.78, 5) is 16.7. The summed E-state index contributed by atoms with van der Waals surface area (Å²) in [6, 6.07) is 17.5. The molecule has 0 saturated carbocycles. The fraction of sp³-hybridized carbons (Fsp3) is 0.417. The van der Waals surface area contributed by atoms with Crippen LogP contribution in [0.3, 0.4) is 0 Å². The lowest BCUT2D eigenvalue weighted by atomic mass is 9.94. The van der Waals surface area contributed by atoms with Gasteiger partial charge in [0.25, 0.3) is 0 Å². The number of rotatable bonds is 7. The van der Waals surface area contributed by atoms with E-state index in [1.165, 1.54) is 22.3 Å². The highest BCUT2D eigenvalue weighted by atomic mass is 16.3. The van der Waals surface area contributed by atoms with Crippen LogP contribution in [-0.2, 0) is 4.79 Å². The van der Waals surface area contributed by atoms with E-state index >= 15 is 0 Å². The first-order valence-electron chi connectivity index (χ1n) is 10.5. The number of carbonyl (C=O) groups excluding carboxylic acids is 1. The van der Waals surface area contributed by atoms with Crippen LogP contribution in [0, 0.1) is 19.3 Å². The van der Waals surface area contributed by atoms with E-state index < -0.39 is 6.10 Å². The van der Waals surface area contributed by atoms with E-state index in [0.717, 1.165) is 13.1 Å². The van der Waals surface area contributed by atoms with E-state index in [1.807, 2.05) is 0 Å². The number of aryl methyl sites for hydroxylation is 2. The minimum absolute atomic E-state index is 0.0128. The number of amides is 1. The number of nitrogens with one attached hydrogen (secondary N) is 1. The zero-order valence-electron chi connectivity index (χ0n) is 17.8. The van der Waals surface area contributed by atoms with E-state index in [4.69, 9.17) is 13.3 Å². The Balaban J connectivity index is 1.70. The second kappa shape index (κ2) is 10.0. The molecule has 0 aromatic heterocycles. The van der Waals surface area contributed by atoms with Gasteiger partial charge in [0, 0.05) is 32.6 Å². The van der Waals surface area contributed by atoms with Gasteiger partial charge in [-0.2, -0.15) is 0 Å². The van der Waals surface area contributed by atoms with Gasteiger partial charge >= 0.3 is 0 Å². The Labute approximate surface area is 180 Å². The summed E-state index contributed by atoms with van der Waals surface area (Å²) in [7, 11) is 5.32. The van der Waals surface area contributed by atoms with Crippen molar-refractivity contribution in [2.24, 2.45) is 0 Å². The molecule has 6 heteroatoms. The van der Waals surface area contributed by atoms with E-state index in [0.29, 0.717) is 13.1 Å². The molecule has 1 aliphatic heterocycles. The number of piperazine rings is 1. The lowest BCUT2D eigenvalue weighted by Gasteiger charge is -2.40. The fourth-order valence-electron chi connectivity index (χ4n) is 4.00. The summed E-state index contributed by atoms with van der Waals surface area (Å²) >= 11 is 0. The Bertz CT molecular complexity index is 814. The predicted octanol–water partition coefficient (Wildman–Crippen LogP) is 2.82. The first-order chi connectivity index (χ1) is 14.3. The SMILES string of the molecule is [B]C(=N)CC(O)CC(=O)N1CCN(C(c2ccc(C)cc2)c2ccc(C)cc2)CC1. The Hall–Kier alpha value is -2.44. The normalized spacial score (nSPS) is 15.9. The van der Waals surface area contributed by atoms with Crippen LogP contribution < -0.4 is 0 Å². The molecule has 156 valence electrons. The maximum Gasteiger partial charge on any atom is 0.225 e. The van der Waals surface area contributed by atoms with Crippen molar-refractivity contribution in [3.63, 3.8) is 0 Å². The summed E-state index contributed by atoms with van der Waals surface area (Å²) < 4.78 is 0. The van der Waals surface area contributed by atoms with Crippen molar-refractivity contribution in [2.75, 3.05) is 26.2 Å². The Morgan fingerprint density at radius 3 is 1.83 bits per heavy atom. The summed E-state index contributed by atoms with van der Waals surface area (Å²) in [6.45, 7) is 6.97. The molecule has 0 aliphatic carbocycles. The second-order valence-corrected chi connectivity index (χ2v) is 8.23. The van der Waals surface area contributed by atoms with Gasteiger partial charge in [0.05, 0.1) is 18.6 Å². The van der Waals surface area contributed by atoms with Crippen molar-refractivity contribution in [1.82, 2.24) is 9.80 Å². The fourth-order valence-corrected chi connectivity index (χ4v) is 4.00. The molecule has 1 aliphatic rings. The smallest absolute Gasteiger partial charge is 0.225 e. The summed E-state index contributed by atoms with van der Waals surface area (Å²) in [5.74, 6) is -0.0781. The van der Waals surface area contributed by atoms with Gasteiger partial charge in [-0.3, -0.25) is 9.69 Å². The number of hydrogen-bond donors (Lipinski definition) is 2. The van der Waals surface area contributed by atoms with Gasteiger partial charge in [0.2, 0.25) is 5.91 Å². The van der Waals surface area contributed by atoms with Crippen LogP contribution in [0.1, 0.15) is 41.1 Å². The van der Waals surface area contributed by atoms with Gasteiger partial charge in [0.1, 0.15) is 7.85 Å². The van der Waals surface area contributed by atoms with Crippen LogP contribution in [0.15, 0.2) is 48.5 Å². The van der Waals surface area contributed by atoms with E-state index in [2.05, 4.69) is 67.3 Å². The monoisotopic (exact) mass is 403 g/mol. The molecule has 1 atom stereocenters. The van der Waals surface area contributed by atoms with Crippen molar-refractivity contribution >= 4 is 19.4 Å². The molecule has 1 unspecified atom stereocenters. The molecular formula is C24H30BN3O2. The van der Waals surface area contributed by atoms with Gasteiger partial charge in [-0.05, 0) is 30.6 Å². The number of hydrogen-bond acceptors (Lipinski definition) is 4. The number of benzene rings is 2. The van der Waals surface area contributed by atoms with Gasteiger partial charge < -0.3 is 15.4 Å². The van der Waals surface area contributed by atoms with Crippen molar-refractivity contribution in [1.29, 1.82) is 5.41 Å². The zero-order valence-corrected chi connectivity index (χ0v) is 17.8. The van der Waals surface area contributed by atoms with Gasteiger partial charge in [-0.15, -0.1) is 0 Å². The lowest BCUT2D eigenvalue weighted by Crippen LogP contribution is -2.50. The highest BCUT2D eigenvalue weighted by Crippen LogP contribution is 2.30. The molecule has 5 nitrogen and oxygen atoms in total. The molecule has 1 fully saturated rings. The topological polar surface area (TPSA) is 67.6 Å². The number of aliphatic hydroxyl groups is 1. The summed E-state index contributed by atoms with van der Waals surface area (Å²) in [6.07, 6.45) is -0.839. The molecule has 2 N–H and O–H groups in total. The summed E-state index contributed by atoms with van der Waals surface area (Å²) in [5.41, 5.74) is 4.88. The first kappa shape index (κ1) is 22.3. The first-order valence-corrected chi connectivity index (χ1v) is 10.5. The molecule has 2 radical (unpaired) electrons. The Morgan fingerprint density at radius 1 is 0.933 bits per heavy atom. The largest absolute Gasteiger partial charge is 0.392 e. The highest BCUT2D eigenvalue weighted by molar-refractivity contribution is 6.58. The van der Waals surface area contributed by atoms with Crippen LogP contribution in [0.5, 0.6) is 0 Å². The van der Waals surface area contributed by atoms with Crippen LogP contribution >= 0.6 is 0 Å². The predicted molar refractivity (Wildman–Crippen MR) is 121 cm³/mol. The van der Waals surface area contributed by atoms with Crippen LogP contribution in [0.4, 0.5) is 0 Å². The van der Waals surface area contributed by atoms with Gasteiger partial charge in [-0.1, -0.05) is 59.7 Å². The van der Waals surface area contributed by atoms with Crippen LogP contribution in [0.25, 0.3) is 0 Å². The Kier molecular flexibility index (Phi) is 7.45. The third-order valence-corrected chi connectivity index (χ3v) is 5.68. The maximum atomic E-state index is 12.5. The van der Waals surface area contributed by atoms with Crippen LogP contribution in [0.2, 0.25) is 0 Å². The lowest BCUT2D eigenvalue weighted by molar-refractivity contribution is -0.135.